The van der Waals surface area contributed by atoms with Crippen LogP contribution in [0.15, 0.2) is 42.5 Å². The molecule has 1 aliphatic heterocycles. The van der Waals surface area contributed by atoms with Crippen LogP contribution in [0.1, 0.15) is 46.4 Å². The summed E-state index contributed by atoms with van der Waals surface area (Å²) in [5.74, 6) is -1.39. The quantitative estimate of drug-likeness (QED) is 0.723. The standard InChI is InChI=1S/C22H23F2NO3/c23-17-5-3-15(4-6-17)22(28)16-9-12-25(13-10-16)11-1-2-20(26)19-14-18(24)7-8-21(19)27/h3-8,14,16,27H,1-2,9-13H2. The van der Waals surface area contributed by atoms with Crippen molar-refractivity contribution in [2.45, 2.75) is 25.7 Å². The highest BCUT2D eigenvalue weighted by Gasteiger charge is 2.25. The first-order chi connectivity index (χ1) is 13.4. The molecule has 1 saturated heterocycles. The predicted octanol–water partition coefficient (Wildman–Crippen LogP) is 4.23. The number of rotatable bonds is 7. The maximum absolute atomic E-state index is 13.2. The Morgan fingerprint density at radius 3 is 2.32 bits per heavy atom. The molecule has 0 unspecified atom stereocenters. The topological polar surface area (TPSA) is 57.6 Å². The first-order valence-corrected chi connectivity index (χ1v) is 9.48. The van der Waals surface area contributed by atoms with Crippen molar-refractivity contribution >= 4 is 11.6 Å². The number of likely N-dealkylation sites (tertiary alicyclic amines) is 1. The lowest BCUT2D eigenvalue weighted by molar-refractivity contribution is 0.0837. The van der Waals surface area contributed by atoms with Crippen LogP contribution < -0.4 is 0 Å². The van der Waals surface area contributed by atoms with Gasteiger partial charge in [0.1, 0.15) is 17.4 Å². The maximum atomic E-state index is 13.2. The number of carbonyl (C=O) groups is 2. The highest BCUT2D eigenvalue weighted by Crippen LogP contribution is 2.23. The Bertz CT molecular complexity index is 843. The number of carbonyl (C=O) groups excluding carboxylic acids is 2. The molecule has 1 aliphatic rings. The second kappa shape index (κ2) is 9.06. The maximum Gasteiger partial charge on any atom is 0.166 e. The molecule has 0 aliphatic carbocycles. The molecule has 3 rings (SSSR count). The van der Waals surface area contributed by atoms with E-state index in [0.717, 1.165) is 38.1 Å². The van der Waals surface area contributed by atoms with Crippen LogP contribution in [0.25, 0.3) is 0 Å². The van der Waals surface area contributed by atoms with Crippen LogP contribution in [0.5, 0.6) is 5.75 Å². The first-order valence-electron chi connectivity index (χ1n) is 9.48. The summed E-state index contributed by atoms with van der Waals surface area (Å²) in [5.41, 5.74) is 0.559. The molecule has 0 amide bonds. The highest BCUT2D eigenvalue weighted by molar-refractivity contribution is 5.98. The van der Waals surface area contributed by atoms with Crippen LogP contribution >= 0.6 is 0 Å². The van der Waals surface area contributed by atoms with E-state index in [2.05, 4.69) is 4.90 Å². The molecule has 6 heteroatoms. The van der Waals surface area contributed by atoms with Crippen LogP contribution in [-0.2, 0) is 0 Å². The van der Waals surface area contributed by atoms with E-state index >= 15 is 0 Å². The first kappa shape index (κ1) is 20.1. The van der Waals surface area contributed by atoms with Gasteiger partial charge >= 0.3 is 0 Å². The van der Waals surface area contributed by atoms with Crippen LogP contribution in [0.4, 0.5) is 8.78 Å². The minimum absolute atomic E-state index is 0.0172. The number of aromatic hydroxyl groups is 1. The molecule has 4 nitrogen and oxygen atoms in total. The molecule has 1 heterocycles. The molecule has 0 radical (unpaired) electrons. The van der Waals surface area contributed by atoms with E-state index in [-0.39, 0.29) is 41.0 Å². The van der Waals surface area contributed by atoms with E-state index in [9.17, 15) is 23.5 Å². The average molecular weight is 387 g/mol. The number of piperidine rings is 1. The van der Waals surface area contributed by atoms with Gasteiger partial charge in [-0.1, -0.05) is 0 Å². The average Bonchev–Trinajstić information content (AvgIpc) is 2.70. The van der Waals surface area contributed by atoms with E-state index in [0.29, 0.717) is 18.5 Å². The van der Waals surface area contributed by atoms with E-state index in [4.69, 9.17) is 0 Å². The molecular formula is C22H23F2NO3. The number of hydrogen-bond donors (Lipinski definition) is 1. The van der Waals surface area contributed by atoms with Crippen LogP contribution in [0.3, 0.4) is 0 Å². The van der Waals surface area contributed by atoms with Gasteiger partial charge in [-0.2, -0.15) is 0 Å². The van der Waals surface area contributed by atoms with Crippen molar-refractivity contribution in [3.05, 3.63) is 65.2 Å². The van der Waals surface area contributed by atoms with Gasteiger partial charge in [0.15, 0.2) is 11.6 Å². The smallest absolute Gasteiger partial charge is 0.166 e. The number of phenolic OH excluding ortho intramolecular Hbond substituents is 1. The van der Waals surface area contributed by atoms with Gasteiger partial charge in [0.2, 0.25) is 0 Å². The zero-order chi connectivity index (χ0) is 20.1. The van der Waals surface area contributed by atoms with Crippen molar-refractivity contribution in [1.29, 1.82) is 0 Å². The number of hydrogen-bond acceptors (Lipinski definition) is 4. The minimum Gasteiger partial charge on any atom is -0.507 e. The molecular weight excluding hydrogens is 364 g/mol. The molecule has 1 N–H and O–H groups in total. The lowest BCUT2D eigenvalue weighted by Crippen LogP contribution is -2.37. The second-order valence-electron chi connectivity index (χ2n) is 7.18. The van der Waals surface area contributed by atoms with Crippen LogP contribution in [0, 0.1) is 17.6 Å². The predicted molar refractivity (Wildman–Crippen MR) is 102 cm³/mol. The summed E-state index contributed by atoms with van der Waals surface area (Å²) in [5, 5.41) is 9.69. The summed E-state index contributed by atoms with van der Waals surface area (Å²) >= 11 is 0. The highest BCUT2D eigenvalue weighted by atomic mass is 19.1. The van der Waals surface area contributed by atoms with Crippen molar-refractivity contribution in [3.8, 4) is 5.75 Å². The third kappa shape index (κ3) is 5.01. The molecule has 0 saturated carbocycles. The molecule has 0 bridgehead atoms. The Hall–Kier alpha value is -2.60. The zero-order valence-electron chi connectivity index (χ0n) is 15.5. The van der Waals surface area contributed by atoms with E-state index in [1.54, 1.807) is 0 Å². The summed E-state index contributed by atoms with van der Waals surface area (Å²) in [6, 6.07) is 9.01. The lowest BCUT2D eigenvalue weighted by Gasteiger charge is -2.31. The monoisotopic (exact) mass is 387 g/mol. The molecule has 0 spiro atoms. The van der Waals surface area contributed by atoms with Crippen molar-refractivity contribution in [1.82, 2.24) is 4.90 Å². The number of nitrogens with zero attached hydrogens (tertiary/aromatic N) is 1. The van der Waals surface area contributed by atoms with Gasteiger partial charge < -0.3 is 10.0 Å². The third-order valence-electron chi connectivity index (χ3n) is 5.22. The van der Waals surface area contributed by atoms with E-state index < -0.39 is 5.82 Å². The summed E-state index contributed by atoms with van der Waals surface area (Å²) in [7, 11) is 0. The molecule has 0 aromatic heterocycles. The fourth-order valence-electron chi connectivity index (χ4n) is 3.60. The second-order valence-corrected chi connectivity index (χ2v) is 7.18. The van der Waals surface area contributed by atoms with Gasteiger partial charge in [-0.25, -0.2) is 8.78 Å². The van der Waals surface area contributed by atoms with E-state index in [1.807, 2.05) is 0 Å². The van der Waals surface area contributed by atoms with E-state index in [1.165, 1.54) is 30.3 Å². The number of benzene rings is 2. The molecule has 2 aromatic rings. The van der Waals surface area contributed by atoms with Gasteiger partial charge in [-0.05, 0) is 81.4 Å². The Labute approximate surface area is 162 Å². The largest absolute Gasteiger partial charge is 0.507 e. The molecule has 1 fully saturated rings. The molecule has 28 heavy (non-hydrogen) atoms. The number of ketones is 2. The number of halogens is 2. The van der Waals surface area contributed by atoms with Crippen molar-refractivity contribution in [3.63, 3.8) is 0 Å². The number of Topliss-reactive ketones (excluding diaryl/α,β-unsaturated/α-hetero) is 2. The van der Waals surface area contributed by atoms with Crippen LogP contribution in [-0.4, -0.2) is 41.2 Å². The van der Waals surface area contributed by atoms with Crippen LogP contribution in [0.2, 0.25) is 0 Å². The molecule has 0 atom stereocenters. The van der Waals surface area contributed by atoms with Crippen molar-refractivity contribution in [2.75, 3.05) is 19.6 Å². The normalized spacial score (nSPS) is 15.5. The SMILES string of the molecule is O=C(CCCN1CCC(C(=O)c2ccc(F)cc2)CC1)c1cc(F)ccc1O. The fourth-order valence-corrected chi connectivity index (χ4v) is 3.60. The number of phenols is 1. The summed E-state index contributed by atoms with van der Waals surface area (Å²) < 4.78 is 26.2. The molecule has 2 aromatic carbocycles. The Balaban J connectivity index is 1.43. The summed E-state index contributed by atoms with van der Waals surface area (Å²) in [6.07, 6.45) is 2.29. The fraction of sp³-hybridized carbons (Fsp3) is 0.364. The Kier molecular flexibility index (Phi) is 6.52. The summed E-state index contributed by atoms with van der Waals surface area (Å²) in [4.78, 5) is 26.9. The Morgan fingerprint density at radius 1 is 1.00 bits per heavy atom. The minimum atomic E-state index is -0.547. The van der Waals surface area contributed by atoms with Crippen molar-refractivity contribution < 1.29 is 23.5 Å². The zero-order valence-corrected chi connectivity index (χ0v) is 15.5. The molecule has 148 valence electrons. The van der Waals surface area contributed by atoms with Gasteiger partial charge in [-0.15, -0.1) is 0 Å². The van der Waals surface area contributed by atoms with Gasteiger partial charge in [0, 0.05) is 17.9 Å². The third-order valence-corrected chi connectivity index (χ3v) is 5.22. The van der Waals surface area contributed by atoms with Gasteiger partial charge in [0.05, 0.1) is 5.56 Å². The van der Waals surface area contributed by atoms with Gasteiger partial charge in [0.25, 0.3) is 0 Å². The van der Waals surface area contributed by atoms with Gasteiger partial charge in [-0.3, -0.25) is 9.59 Å². The Morgan fingerprint density at radius 2 is 1.64 bits per heavy atom. The summed E-state index contributed by atoms with van der Waals surface area (Å²) in [6.45, 7) is 2.23. The van der Waals surface area contributed by atoms with Crippen molar-refractivity contribution in [2.24, 2.45) is 5.92 Å². The lowest BCUT2D eigenvalue weighted by atomic mass is 9.89.